The van der Waals surface area contributed by atoms with Crippen molar-refractivity contribution in [2.45, 2.75) is 31.8 Å². The highest BCUT2D eigenvalue weighted by molar-refractivity contribution is 9.10. The molecule has 3 heteroatoms. The second-order valence-corrected chi connectivity index (χ2v) is 6.47. The highest BCUT2D eigenvalue weighted by Gasteiger charge is 2.16. The monoisotopic (exact) mass is 299 g/mol. The van der Waals surface area contributed by atoms with E-state index in [9.17, 15) is 0 Å². The van der Waals surface area contributed by atoms with Crippen molar-refractivity contribution in [3.63, 3.8) is 0 Å². The standard InChI is InChI=1S/C13H18BrNS/c1-10(11-3-2-4-12(14)9-11)15-13-5-7-16-8-6-13/h2-4,9-10,13,15H,5-8H2,1H3/t10-/m0/s1. The minimum atomic E-state index is 0.450. The van der Waals surface area contributed by atoms with Gasteiger partial charge in [-0.2, -0.15) is 11.8 Å². The van der Waals surface area contributed by atoms with Crippen molar-refractivity contribution < 1.29 is 0 Å². The molecule has 16 heavy (non-hydrogen) atoms. The van der Waals surface area contributed by atoms with Crippen LogP contribution in [0.3, 0.4) is 0 Å². The van der Waals surface area contributed by atoms with Gasteiger partial charge in [0.15, 0.2) is 0 Å². The summed E-state index contributed by atoms with van der Waals surface area (Å²) in [5.74, 6) is 2.62. The first-order valence-corrected chi connectivity index (χ1v) is 7.80. The number of rotatable bonds is 3. The van der Waals surface area contributed by atoms with Crippen LogP contribution in [0.25, 0.3) is 0 Å². The molecule has 1 saturated heterocycles. The van der Waals surface area contributed by atoms with E-state index in [1.54, 1.807) is 0 Å². The lowest BCUT2D eigenvalue weighted by Gasteiger charge is -2.26. The van der Waals surface area contributed by atoms with Crippen LogP contribution in [-0.2, 0) is 0 Å². The van der Waals surface area contributed by atoms with Crippen molar-refractivity contribution in [3.05, 3.63) is 34.3 Å². The minimum absolute atomic E-state index is 0.450. The van der Waals surface area contributed by atoms with Gasteiger partial charge in [0.25, 0.3) is 0 Å². The Morgan fingerprint density at radius 3 is 2.81 bits per heavy atom. The SMILES string of the molecule is C[C@H](NC1CCSCC1)c1cccc(Br)c1. The first-order valence-electron chi connectivity index (χ1n) is 5.85. The number of hydrogen-bond acceptors (Lipinski definition) is 2. The lowest BCUT2D eigenvalue weighted by atomic mass is 10.1. The lowest BCUT2D eigenvalue weighted by Crippen LogP contribution is -2.34. The zero-order chi connectivity index (χ0) is 11.4. The van der Waals surface area contributed by atoms with E-state index < -0.39 is 0 Å². The molecule has 0 spiro atoms. The van der Waals surface area contributed by atoms with Gasteiger partial charge < -0.3 is 5.32 Å². The Morgan fingerprint density at radius 1 is 1.38 bits per heavy atom. The van der Waals surface area contributed by atoms with Crippen LogP contribution >= 0.6 is 27.7 Å². The van der Waals surface area contributed by atoms with Crippen molar-refractivity contribution in [2.24, 2.45) is 0 Å². The third-order valence-electron chi connectivity index (χ3n) is 3.06. The predicted molar refractivity (Wildman–Crippen MR) is 76.0 cm³/mol. The van der Waals surface area contributed by atoms with E-state index in [1.165, 1.54) is 29.9 Å². The number of thioether (sulfide) groups is 1. The summed E-state index contributed by atoms with van der Waals surface area (Å²) < 4.78 is 1.16. The fourth-order valence-corrected chi connectivity index (χ4v) is 3.61. The first-order chi connectivity index (χ1) is 7.75. The quantitative estimate of drug-likeness (QED) is 0.905. The van der Waals surface area contributed by atoms with Gasteiger partial charge in [-0.25, -0.2) is 0 Å². The summed E-state index contributed by atoms with van der Waals surface area (Å²) in [4.78, 5) is 0. The molecule has 0 aromatic heterocycles. The predicted octanol–water partition coefficient (Wildman–Crippen LogP) is 4.00. The van der Waals surface area contributed by atoms with Crippen molar-refractivity contribution in [1.82, 2.24) is 5.32 Å². The van der Waals surface area contributed by atoms with Crippen molar-refractivity contribution in [1.29, 1.82) is 0 Å². The number of benzene rings is 1. The van der Waals surface area contributed by atoms with Crippen LogP contribution < -0.4 is 5.32 Å². The Labute approximate surface area is 111 Å². The van der Waals surface area contributed by atoms with E-state index in [-0.39, 0.29) is 0 Å². The summed E-state index contributed by atoms with van der Waals surface area (Å²) in [5.41, 5.74) is 1.37. The average Bonchev–Trinajstić information content (AvgIpc) is 2.30. The van der Waals surface area contributed by atoms with Gasteiger partial charge in [0.2, 0.25) is 0 Å². The topological polar surface area (TPSA) is 12.0 Å². The van der Waals surface area contributed by atoms with Gasteiger partial charge in [0.05, 0.1) is 0 Å². The Bertz CT molecular complexity index is 336. The van der Waals surface area contributed by atoms with Crippen LogP contribution in [0.15, 0.2) is 28.7 Å². The second-order valence-electron chi connectivity index (χ2n) is 4.33. The molecule has 0 amide bonds. The summed E-state index contributed by atoms with van der Waals surface area (Å²) in [6.07, 6.45) is 2.62. The van der Waals surface area contributed by atoms with Gasteiger partial charge >= 0.3 is 0 Å². The number of hydrogen-bond donors (Lipinski definition) is 1. The first kappa shape index (κ1) is 12.5. The molecule has 1 aromatic carbocycles. The maximum Gasteiger partial charge on any atom is 0.0294 e. The molecule has 1 N–H and O–H groups in total. The maximum absolute atomic E-state index is 3.73. The largest absolute Gasteiger partial charge is 0.307 e. The molecule has 1 fully saturated rings. The van der Waals surface area contributed by atoms with E-state index >= 15 is 0 Å². The van der Waals surface area contributed by atoms with Gasteiger partial charge in [-0.15, -0.1) is 0 Å². The molecule has 0 saturated carbocycles. The van der Waals surface area contributed by atoms with Crippen LogP contribution in [0.2, 0.25) is 0 Å². The van der Waals surface area contributed by atoms with Crippen LogP contribution in [0.1, 0.15) is 31.4 Å². The highest BCUT2D eigenvalue weighted by atomic mass is 79.9. The van der Waals surface area contributed by atoms with E-state index in [0.717, 1.165) is 4.47 Å². The zero-order valence-electron chi connectivity index (χ0n) is 9.58. The van der Waals surface area contributed by atoms with E-state index in [4.69, 9.17) is 0 Å². The third-order valence-corrected chi connectivity index (χ3v) is 4.60. The van der Waals surface area contributed by atoms with Crippen LogP contribution in [0.5, 0.6) is 0 Å². The molecule has 88 valence electrons. The minimum Gasteiger partial charge on any atom is -0.307 e. The molecular formula is C13H18BrNS. The molecule has 1 aliphatic heterocycles. The highest BCUT2D eigenvalue weighted by Crippen LogP contribution is 2.22. The maximum atomic E-state index is 3.73. The van der Waals surface area contributed by atoms with E-state index in [2.05, 4.69) is 64.2 Å². The molecule has 0 radical (unpaired) electrons. The van der Waals surface area contributed by atoms with Crippen molar-refractivity contribution >= 4 is 27.7 Å². The van der Waals surface area contributed by atoms with Gasteiger partial charge in [0, 0.05) is 16.6 Å². The number of halogens is 1. The van der Waals surface area contributed by atoms with Gasteiger partial charge in [-0.05, 0) is 49.0 Å². The van der Waals surface area contributed by atoms with Crippen LogP contribution in [-0.4, -0.2) is 17.5 Å². The summed E-state index contributed by atoms with van der Waals surface area (Å²) >= 11 is 5.60. The molecule has 1 atom stereocenters. The Kier molecular flexibility index (Phi) is 4.74. The summed E-state index contributed by atoms with van der Waals surface area (Å²) in [6, 6.07) is 9.73. The second kappa shape index (κ2) is 6.08. The van der Waals surface area contributed by atoms with E-state index in [1.807, 2.05) is 0 Å². The Hall–Kier alpha value is 0.01000. The smallest absolute Gasteiger partial charge is 0.0294 e. The van der Waals surface area contributed by atoms with Gasteiger partial charge in [-0.1, -0.05) is 28.1 Å². The zero-order valence-corrected chi connectivity index (χ0v) is 12.0. The number of nitrogens with one attached hydrogen (secondary N) is 1. The molecule has 1 aliphatic rings. The Balaban J connectivity index is 1.94. The van der Waals surface area contributed by atoms with Gasteiger partial charge in [0.1, 0.15) is 0 Å². The molecule has 1 aromatic rings. The molecule has 1 nitrogen and oxygen atoms in total. The average molecular weight is 300 g/mol. The molecule has 2 rings (SSSR count). The fraction of sp³-hybridized carbons (Fsp3) is 0.538. The van der Waals surface area contributed by atoms with Gasteiger partial charge in [-0.3, -0.25) is 0 Å². The fourth-order valence-electron chi connectivity index (χ4n) is 2.09. The van der Waals surface area contributed by atoms with Crippen molar-refractivity contribution in [3.8, 4) is 0 Å². The van der Waals surface area contributed by atoms with Crippen LogP contribution in [0.4, 0.5) is 0 Å². The molecule has 1 heterocycles. The molecule has 0 bridgehead atoms. The third kappa shape index (κ3) is 3.51. The molecular weight excluding hydrogens is 282 g/mol. The van der Waals surface area contributed by atoms with Crippen molar-refractivity contribution in [2.75, 3.05) is 11.5 Å². The summed E-state index contributed by atoms with van der Waals surface area (Å²) in [7, 11) is 0. The summed E-state index contributed by atoms with van der Waals surface area (Å²) in [6.45, 7) is 2.25. The van der Waals surface area contributed by atoms with Crippen LogP contribution in [0, 0.1) is 0 Å². The molecule has 0 unspecified atom stereocenters. The normalized spacial score (nSPS) is 19.6. The molecule has 0 aliphatic carbocycles. The Morgan fingerprint density at radius 2 is 2.12 bits per heavy atom. The summed E-state index contributed by atoms with van der Waals surface area (Å²) in [5, 5.41) is 3.73. The lowest BCUT2D eigenvalue weighted by molar-refractivity contribution is 0.431. The van der Waals surface area contributed by atoms with E-state index in [0.29, 0.717) is 12.1 Å².